The summed E-state index contributed by atoms with van der Waals surface area (Å²) in [6, 6.07) is 14.9. The number of fused-ring (bicyclic) bond motifs is 1. The first-order valence-corrected chi connectivity index (χ1v) is 17.7. The highest BCUT2D eigenvalue weighted by Gasteiger charge is 2.45. The third-order valence-corrected chi connectivity index (χ3v) is 10.7. The van der Waals surface area contributed by atoms with Gasteiger partial charge in [-0.2, -0.15) is 0 Å². The van der Waals surface area contributed by atoms with Gasteiger partial charge < -0.3 is 29.0 Å². The summed E-state index contributed by atoms with van der Waals surface area (Å²) in [5.74, 6) is -1.05. The van der Waals surface area contributed by atoms with Crippen molar-refractivity contribution in [1.82, 2.24) is 14.8 Å². The van der Waals surface area contributed by atoms with Gasteiger partial charge in [0, 0.05) is 42.1 Å². The van der Waals surface area contributed by atoms with E-state index in [9.17, 15) is 19.2 Å². The molecule has 0 bridgehead atoms. The van der Waals surface area contributed by atoms with Gasteiger partial charge in [0.05, 0.1) is 42.5 Å². The van der Waals surface area contributed by atoms with Gasteiger partial charge in [-0.05, 0) is 79.0 Å². The number of aliphatic carboxylic acids is 1. The number of nitrogens with one attached hydrogen (secondary N) is 1. The van der Waals surface area contributed by atoms with Gasteiger partial charge in [0.2, 0.25) is 5.91 Å². The summed E-state index contributed by atoms with van der Waals surface area (Å²) in [5.41, 5.74) is 4.93. The average molecular weight is 678 g/mol. The fourth-order valence-electron chi connectivity index (χ4n) is 7.81. The van der Waals surface area contributed by atoms with Gasteiger partial charge in [0.25, 0.3) is 5.91 Å². The molecule has 7 rings (SSSR count). The fraction of sp³-hybridized carbons (Fsp3) is 0.400. The number of carbonyl (C=O) groups is 4. The predicted molar refractivity (Wildman–Crippen MR) is 189 cm³/mol. The maximum Gasteiger partial charge on any atom is 0.328 e. The molecule has 2 aromatic carbocycles. The molecule has 2 aliphatic carbocycles. The van der Waals surface area contributed by atoms with E-state index in [0.717, 1.165) is 71.5 Å². The number of carboxylic acids is 1. The molecule has 2 saturated carbocycles. The summed E-state index contributed by atoms with van der Waals surface area (Å²) in [6.45, 7) is 2.25. The van der Waals surface area contributed by atoms with Crippen LogP contribution in [-0.2, 0) is 32.1 Å². The fourth-order valence-corrected chi connectivity index (χ4v) is 7.81. The van der Waals surface area contributed by atoms with Crippen LogP contribution >= 0.6 is 0 Å². The quantitative estimate of drug-likeness (QED) is 0.177. The van der Waals surface area contributed by atoms with Gasteiger partial charge in [0.15, 0.2) is 5.78 Å². The van der Waals surface area contributed by atoms with E-state index in [1.807, 2.05) is 41.3 Å². The predicted octanol–water partition coefficient (Wildman–Crippen LogP) is 6.37. The van der Waals surface area contributed by atoms with Crippen LogP contribution < -0.4 is 5.32 Å². The Bertz CT molecular complexity index is 1910. The lowest BCUT2D eigenvalue weighted by atomic mass is 9.72. The molecule has 3 heterocycles. The third kappa shape index (κ3) is 6.89. The van der Waals surface area contributed by atoms with Gasteiger partial charge in [-0.25, -0.2) is 4.79 Å². The van der Waals surface area contributed by atoms with Gasteiger partial charge in [0.1, 0.15) is 6.54 Å². The number of carboxylic acid groups (broad SMARTS) is 1. The van der Waals surface area contributed by atoms with E-state index in [2.05, 4.69) is 9.88 Å². The van der Waals surface area contributed by atoms with Crippen LogP contribution in [0, 0.1) is 0 Å². The zero-order chi connectivity index (χ0) is 34.7. The molecule has 0 radical (unpaired) electrons. The van der Waals surface area contributed by atoms with Crippen LogP contribution in [0.15, 0.2) is 71.6 Å². The lowest BCUT2D eigenvalue weighted by molar-refractivity contribution is -0.136. The van der Waals surface area contributed by atoms with E-state index in [4.69, 9.17) is 14.3 Å². The Hall–Kier alpha value is -4.96. The number of rotatable bonds is 11. The van der Waals surface area contributed by atoms with Crippen LogP contribution in [0.5, 0.6) is 0 Å². The first-order chi connectivity index (χ1) is 24.3. The highest BCUT2D eigenvalue weighted by Crippen LogP contribution is 2.44. The molecule has 50 heavy (non-hydrogen) atoms. The molecule has 10 nitrogen and oxygen atoms in total. The summed E-state index contributed by atoms with van der Waals surface area (Å²) < 4.78 is 13.1. The Kier molecular flexibility index (Phi) is 9.72. The Labute approximate surface area is 291 Å². The van der Waals surface area contributed by atoms with E-state index in [1.54, 1.807) is 24.7 Å². The van der Waals surface area contributed by atoms with Crippen LogP contribution in [0.25, 0.3) is 28.2 Å². The Morgan fingerprint density at radius 1 is 0.940 bits per heavy atom. The lowest BCUT2D eigenvalue weighted by Crippen LogP contribution is -2.59. The number of morpholine rings is 1. The van der Waals surface area contributed by atoms with Crippen molar-refractivity contribution in [2.45, 2.75) is 75.8 Å². The molecular formula is C40H43N3O7. The molecule has 3 fully saturated rings. The number of nitrogens with zero attached hydrogens (tertiary/aromatic N) is 2. The molecular weight excluding hydrogens is 634 g/mol. The van der Waals surface area contributed by atoms with Crippen molar-refractivity contribution >= 4 is 40.5 Å². The molecule has 0 spiro atoms. The van der Waals surface area contributed by atoms with E-state index in [-0.39, 0.29) is 30.6 Å². The van der Waals surface area contributed by atoms with Crippen molar-refractivity contribution in [3.63, 3.8) is 0 Å². The molecule has 10 heteroatoms. The largest absolute Gasteiger partial charge is 0.478 e. The summed E-state index contributed by atoms with van der Waals surface area (Å²) in [7, 11) is 0. The number of ketones is 1. The van der Waals surface area contributed by atoms with Crippen LogP contribution in [-0.4, -0.2) is 70.0 Å². The molecule has 2 amide bonds. The van der Waals surface area contributed by atoms with Crippen molar-refractivity contribution in [2.75, 3.05) is 26.3 Å². The zero-order valence-electron chi connectivity index (χ0n) is 28.2. The van der Waals surface area contributed by atoms with Crippen molar-refractivity contribution in [1.29, 1.82) is 0 Å². The number of benzene rings is 2. The van der Waals surface area contributed by atoms with Crippen LogP contribution in [0.4, 0.5) is 0 Å². The Morgan fingerprint density at radius 3 is 2.36 bits per heavy atom. The first-order valence-electron chi connectivity index (χ1n) is 17.7. The minimum atomic E-state index is -1.02. The monoisotopic (exact) mass is 677 g/mol. The maximum absolute atomic E-state index is 14.0. The molecule has 1 aliphatic heterocycles. The maximum atomic E-state index is 14.0. The van der Waals surface area contributed by atoms with E-state index >= 15 is 0 Å². The summed E-state index contributed by atoms with van der Waals surface area (Å²) in [6.07, 6.45) is 13.8. The van der Waals surface area contributed by atoms with Gasteiger partial charge in [-0.15, -0.1) is 0 Å². The van der Waals surface area contributed by atoms with Gasteiger partial charge >= 0.3 is 5.97 Å². The molecule has 2 N–H and O–H groups in total. The highest BCUT2D eigenvalue weighted by molar-refractivity contribution is 6.04. The molecule has 4 aromatic rings. The second-order valence-electron chi connectivity index (χ2n) is 13.8. The molecule has 0 unspecified atom stereocenters. The summed E-state index contributed by atoms with van der Waals surface area (Å²) in [5, 5.41) is 13.1. The topological polar surface area (TPSA) is 131 Å². The zero-order valence-corrected chi connectivity index (χ0v) is 28.2. The van der Waals surface area contributed by atoms with Gasteiger partial charge in [-0.3, -0.25) is 14.4 Å². The van der Waals surface area contributed by atoms with E-state index in [0.29, 0.717) is 50.6 Å². The van der Waals surface area contributed by atoms with E-state index < -0.39 is 11.5 Å². The lowest BCUT2D eigenvalue weighted by Gasteiger charge is -2.41. The Morgan fingerprint density at radius 2 is 1.70 bits per heavy atom. The average Bonchev–Trinajstić information content (AvgIpc) is 3.76. The van der Waals surface area contributed by atoms with Crippen LogP contribution in [0.3, 0.4) is 0 Å². The number of furan rings is 1. The van der Waals surface area contributed by atoms with Crippen LogP contribution in [0.2, 0.25) is 0 Å². The van der Waals surface area contributed by atoms with Crippen molar-refractivity contribution in [3.05, 3.63) is 89.4 Å². The molecule has 260 valence electrons. The van der Waals surface area contributed by atoms with Crippen molar-refractivity contribution in [3.8, 4) is 11.3 Å². The van der Waals surface area contributed by atoms with E-state index in [1.165, 1.54) is 18.1 Å². The SMILES string of the molecule is O=C(O)/C=C/c1ccc(CC(=O)C2(NC(=O)c3ccc4c(C5CCCCC5)c(-c5ccoc5)n(CC(=O)N5CCOCC5)c4c3)CCC2)cc1. The molecule has 3 aliphatic rings. The minimum Gasteiger partial charge on any atom is -0.478 e. The Balaban J connectivity index is 1.20. The normalized spacial score (nSPS) is 17.9. The second-order valence-corrected chi connectivity index (χ2v) is 13.8. The molecule has 1 saturated heterocycles. The number of hydrogen-bond acceptors (Lipinski definition) is 6. The van der Waals surface area contributed by atoms with Gasteiger partial charge in [-0.1, -0.05) is 49.6 Å². The highest BCUT2D eigenvalue weighted by atomic mass is 16.5. The number of amides is 2. The molecule has 0 atom stereocenters. The second kappa shape index (κ2) is 14.5. The molecule has 2 aromatic heterocycles. The smallest absolute Gasteiger partial charge is 0.328 e. The van der Waals surface area contributed by atoms with Crippen LogP contribution in [0.1, 0.15) is 84.3 Å². The van der Waals surface area contributed by atoms with Crippen molar-refractivity contribution < 1.29 is 33.4 Å². The van der Waals surface area contributed by atoms with Crippen molar-refractivity contribution in [2.24, 2.45) is 0 Å². The number of hydrogen-bond donors (Lipinski definition) is 2. The number of Topliss-reactive ketones (excluding diaryl/α,β-unsaturated/α-hetero) is 1. The third-order valence-electron chi connectivity index (χ3n) is 10.7. The first kappa shape index (κ1) is 33.5. The summed E-state index contributed by atoms with van der Waals surface area (Å²) >= 11 is 0. The standard InChI is InChI=1S/C40H43N3O7/c44-34(23-28-9-7-27(8-10-28)11-14-36(46)47)40(16-4-17-40)41-39(48)30-12-13-32-33(24-30)43(25-35(45)42-18-21-49-22-19-42)38(31-15-20-50-26-31)37(32)29-5-2-1-3-6-29/h7-15,20,24,26,29H,1-6,16-19,21-23,25H2,(H,41,48)(H,46,47)/b14-11+. The summed E-state index contributed by atoms with van der Waals surface area (Å²) in [4.78, 5) is 54.2. The number of carbonyl (C=O) groups excluding carboxylic acids is 3. The minimum absolute atomic E-state index is 0.00458. The number of ether oxygens (including phenoxy) is 1. The number of aromatic nitrogens is 1.